The van der Waals surface area contributed by atoms with Crippen LogP contribution in [0.25, 0.3) is 0 Å². The Labute approximate surface area is 179 Å². The van der Waals surface area contributed by atoms with Gasteiger partial charge >= 0.3 is 6.18 Å². The van der Waals surface area contributed by atoms with Gasteiger partial charge in [0.05, 0.1) is 19.8 Å². The molecule has 168 valence electrons. The first-order chi connectivity index (χ1) is 14.9. The normalized spacial score (nSPS) is 17.4. The van der Waals surface area contributed by atoms with Crippen LogP contribution in [-0.4, -0.2) is 60.0 Å². The van der Waals surface area contributed by atoms with Gasteiger partial charge in [-0.2, -0.15) is 18.3 Å². The second-order valence-electron chi connectivity index (χ2n) is 8.00. The summed E-state index contributed by atoms with van der Waals surface area (Å²) in [7, 11) is 0. The molecule has 0 spiro atoms. The van der Waals surface area contributed by atoms with E-state index in [1.807, 2.05) is 0 Å². The van der Waals surface area contributed by atoms with E-state index in [0.29, 0.717) is 55.0 Å². The minimum absolute atomic E-state index is 0.144. The van der Waals surface area contributed by atoms with Crippen molar-refractivity contribution in [3.63, 3.8) is 0 Å². The van der Waals surface area contributed by atoms with Crippen molar-refractivity contribution in [1.82, 2.24) is 20.0 Å². The molecular formula is C22H27F3N4O2. The van der Waals surface area contributed by atoms with E-state index < -0.39 is 11.9 Å². The van der Waals surface area contributed by atoms with E-state index in [4.69, 9.17) is 4.74 Å². The van der Waals surface area contributed by atoms with Crippen molar-refractivity contribution >= 4 is 5.91 Å². The summed E-state index contributed by atoms with van der Waals surface area (Å²) in [5.41, 5.74) is 1.30. The molecule has 0 atom stereocenters. The van der Waals surface area contributed by atoms with E-state index in [1.54, 1.807) is 24.3 Å². The third kappa shape index (κ3) is 5.10. The van der Waals surface area contributed by atoms with Crippen LogP contribution in [0, 0.1) is 0 Å². The highest BCUT2D eigenvalue weighted by molar-refractivity contribution is 5.95. The molecule has 2 aliphatic rings. The number of rotatable bonds is 6. The molecule has 6 nitrogen and oxygen atoms in total. The molecule has 2 heterocycles. The van der Waals surface area contributed by atoms with Crippen LogP contribution in [0.15, 0.2) is 24.3 Å². The Morgan fingerprint density at radius 1 is 1.13 bits per heavy atom. The average molecular weight is 436 g/mol. The zero-order valence-corrected chi connectivity index (χ0v) is 17.4. The lowest BCUT2D eigenvalue weighted by Crippen LogP contribution is -2.41. The van der Waals surface area contributed by atoms with Crippen LogP contribution in [0.5, 0.6) is 0 Å². The van der Waals surface area contributed by atoms with Crippen LogP contribution in [0.2, 0.25) is 0 Å². The van der Waals surface area contributed by atoms with Crippen molar-refractivity contribution < 1.29 is 22.7 Å². The first-order valence-corrected chi connectivity index (χ1v) is 10.8. The maximum absolute atomic E-state index is 13.5. The lowest BCUT2D eigenvalue weighted by atomic mass is 9.95. The molecular weight excluding hydrogens is 409 g/mol. The molecule has 0 bridgehead atoms. The van der Waals surface area contributed by atoms with Crippen LogP contribution in [0.1, 0.15) is 45.7 Å². The average Bonchev–Trinajstić information content (AvgIpc) is 3.14. The highest BCUT2D eigenvalue weighted by Gasteiger charge is 2.39. The quantitative estimate of drug-likeness (QED) is 0.757. The summed E-state index contributed by atoms with van der Waals surface area (Å²) in [4.78, 5) is 15.0. The Morgan fingerprint density at radius 3 is 2.65 bits per heavy atom. The molecule has 9 heteroatoms. The predicted octanol–water partition coefficient (Wildman–Crippen LogP) is 2.89. The Hall–Kier alpha value is -2.39. The number of nitrogens with zero attached hydrogens (tertiary/aromatic N) is 3. The Morgan fingerprint density at radius 2 is 1.87 bits per heavy atom. The fraction of sp³-hybridized carbons (Fsp3) is 0.545. The maximum atomic E-state index is 13.5. The van der Waals surface area contributed by atoms with Crippen molar-refractivity contribution in [2.45, 2.75) is 38.4 Å². The number of benzene rings is 1. The summed E-state index contributed by atoms with van der Waals surface area (Å²) in [6.45, 7) is 4.47. The summed E-state index contributed by atoms with van der Waals surface area (Å²) in [6.07, 6.45) is -1.91. The molecule has 31 heavy (non-hydrogen) atoms. The number of carbonyl (C=O) groups is 1. The molecule has 1 aromatic heterocycles. The van der Waals surface area contributed by atoms with Crippen molar-refractivity contribution in [3.05, 3.63) is 52.3 Å². The zero-order chi connectivity index (χ0) is 21.8. The van der Waals surface area contributed by atoms with Gasteiger partial charge in [0.1, 0.15) is 0 Å². The third-order valence-electron chi connectivity index (χ3n) is 5.92. The van der Waals surface area contributed by atoms with E-state index >= 15 is 0 Å². The van der Waals surface area contributed by atoms with Crippen LogP contribution >= 0.6 is 0 Å². The highest BCUT2D eigenvalue weighted by Crippen LogP contribution is 2.36. The number of fused-ring (bicyclic) bond motifs is 1. The molecule has 1 saturated heterocycles. The molecule has 1 fully saturated rings. The molecule has 1 aromatic carbocycles. The number of aromatic nitrogens is 2. The van der Waals surface area contributed by atoms with Gasteiger partial charge in [0.25, 0.3) is 5.91 Å². The number of morpholine rings is 1. The standard InChI is InChI=1S/C22H27F3N4O2/c23-22(24,25)20-18-7-3-4-8-19(18)29(27-20)15-16-5-1-2-6-17(16)21(30)26-9-10-28-11-13-31-14-12-28/h1-2,5-6H,3-4,7-15H2,(H,26,30). The number of amides is 1. The number of hydrogen-bond donors (Lipinski definition) is 1. The molecule has 1 N–H and O–H groups in total. The van der Waals surface area contributed by atoms with Gasteiger partial charge in [-0.15, -0.1) is 0 Å². The Bertz CT molecular complexity index is 920. The molecule has 2 aromatic rings. The van der Waals surface area contributed by atoms with Crippen LogP contribution in [0.3, 0.4) is 0 Å². The van der Waals surface area contributed by atoms with Gasteiger partial charge in [-0.25, -0.2) is 0 Å². The second-order valence-corrected chi connectivity index (χ2v) is 8.00. The Balaban J connectivity index is 1.49. The highest BCUT2D eigenvalue weighted by atomic mass is 19.4. The monoisotopic (exact) mass is 436 g/mol. The molecule has 0 unspecified atom stereocenters. The maximum Gasteiger partial charge on any atom is 0.435 e. The summed E-state index contributed by atoms with van der Waals surface area (Å²) in [5.74, 6) is -0.221. The van der Waals surface area contributed by atoms with E-state index in [0.717, 1.165) is 32.5 Å². The van der Waals surface area contributed by atoms with Crippen LogP contribution < -0.4 is 5.32 Å². The number of alkyl halides is 3. The fourth-order valence-electron chi connectivity index (χ4n) is 4.32. The molecule has 0 saturated carbocycles. The lowest BCUT2D eigenvalue weighted by molar-refractivity contribution is -0.142. The molecule has 1 amide bonds. The van der Waals surface area contributed by atoms with Crippen LogP contribution in [-0.2, 0) is 30.3 Å². The summed E-state index contributed by atoms with van der Waals surface area (Å²) >= 11 is 0. The van der Waals surface area contributed by atoms with E-state index in [9.17, 15) is 18.0 Å². The number of carbonyl (C=O) groups excluding carboxylic acids is 1. The predicted molar refractivity (Wildman–Crippen MR) is 109 cm³/mol. The number of ether oxygens (including phenoxy) is 1. The largest absolute Gasteiger partial charge is 0.435 e. The molecule has 0 radical (unpaired) electrons. The van der Waals surface area contributed by atoms with E-state index in [1.165, 1.54) is 4.68 Å². The minimum Gasteiger partial charge on any atom is -0.379 e. The number of nitrogens with one attached hydrogen (secondary N) is 1. The topological polar surface area (TPSA) is 59.4 Å². The van der Waals surface area contributed by atoms with E-state index in [2.05, 4.69) is 15.3 Å². The smallest absolute Gasteiger partial charge is 0.379 e. The number of hydrogen-bond acceptors (Lipinski definition) is 4. The Kier molecular flexibility index (Phi) is 6.62. The lowest BCUT2D eigenvalue weighted by Gasteiger charge is -2.26. The first-order valence-electron chi connectivity index (χ1n) is 10.8. The molecule has 4 rings (SSSR count). The van der Waals surface area contributed by atoms with Gasteiger partial charge in [-0.3, -0.25) is 14.4 Å². The van der Waals surface area contributed by atoms with Crippen molar-refractivity contribution in [3.8, 4) is 0 Å². The first kappa shape index (κ1) is 21.8. The zero-order valence-electron chi connectivity index (χ0n) is 17.4. The van der Waals surface area contributed by atoms with Crippen LogP contribution in [0.4, 0.5) is 13.2 Å². The third-order valence-corrected chi connectivity index (χ3v) is 5.92. The van der Waals surface area contributed by atoms with Gasteiger partial charge in [-0.1, -0.05) is 18.2 Å². The van der Waals surface area contributed by atoms with Gasteiger partial charge in [0.2, 0.25) is 0 Å². The SMILES string of the molecule is O=C(NCCN1CCOCC1)c1ccccc1Cn1nc(C(F)(F)F)c2c1CCCC2. The fourth-order valence-corrected chi connectivity index (χ4v) is 4.32. The van der Waals surface area contributed by atoms with Gasteiger partial charge < -0.3 is 10.1 Å². The summed E-state index contributed by atoms with van der Waals surface area (Å²) in [5, 5.41) is 6.86. The van der Waals surface area contributed by atoms with Gasteiger partial charge in [0, 0.05) is 43.0 Å². The van der Waals surface area contributed by atoms with Gasteiger partial charge in [0.15, 0.2) is 5.69 Å². The number of halogens is 3. The molecule has 1 aliphatic heterocycles. The van der Waals surface area contributed by atoms with E-state index in [-0.39, 0.29) is 12.5 Å². The summed E-state index contributed by atoms with van der Waals surface area (Å²) < 4.78 is 47.2. The van der Waals surface area contributed by atoms with Crippen molar-refractivity contribution in [1.29, 1.82) is 0 Å². The van der Waals surface area contributed by atoms with Crippen molar-refractivity contribution in [2.75, 3.05) is 39.4 Å². The second kappa shape index (κ2) is 9.40. The summed E-state index contributed by atoms with van der Waals surface area (Å²) in [6, 6.07) is 7.04. The molecule has 1 aliphatic carbocycles. The minimum atomic E-state index is -4.47. The van der Waals surface area contributed by atoms with Gasteiger partial charge in [-0.05, 0) is 37.3 Å². The van der Waals surface area contributed by atoms with Crippen molar-refractivity contribution in [2.24, 2.45) is 0 Å².